The maximum atomic E-state index is 13.5. The van der Waals surface area contributed by atoms with Gasteiger partial charge in [-0.15, -0.1) is 0 Å². The summed E-state index contributed by atoms with van der Waals surface area (Å²) in [5.41, 5.74) is 2.95. The fraction of sp³-hybridized carbons (Fsp3) is 0.0833. The van der Waals surface area contributed by atoms with Crippen LogP contribution in [0.1, 0.15) is 21.6 Å². The van der Waals surface area contributed by atoms with Gasteiger partial charge in [0.1, 0.15) is 11.5 Å². The Balaban J connectivity index is 1.82. The van der Waals surface area contributed by atoms with E-state index in [-0.39, 0.29) is 17.1 Å². The molecule has 0 N–H and O–H groups in total. The van der Waals surface area contributed by atoms with Crippen molar-refractivity contribution in [3.8, 4) is 28.2 Å². The lowest BCUT2D eigenvalue weighted by molar-refractivity contribution is -0.137. The van der Waals surface area contributed by atoms with E-state index in [1.165, 1.54) is 29.0 Å². The molecule has 0 fully saturated rings. The smallest absolute Gasteiger partial charge is 0.299 e. The third kappa shape index (κ3) is 3.76. The summed E-state index contributed by atoms with van der Waals surface area (Å²) >= 11 is 0. The fourth-order valence-corrected chi connectivity index (χ4v) is 3.41. The van der Waals surface area contributed by atoms with Crippen molar-refractivity contribution in [2.45, 2.75) is 13.1 Å². The summed E-state index contributed by atoms with van der Waals surface area (Å²) < 4.78 is 42.1. The molecule has 0 saturated carbocycles. The van der Waals surface area contributed by atoms with Gasteiger partial charge in [-0.1, -0.05) is 60.2 Å². The molecule has 3 nitrogen and oxygen atoms in total. The van der Waals surface area contributed by atoms with Crippen molar-refractivity contribution in [1.29, 1.82) is 0 Å². The summed E-state index contributed by atoms with van der Waals surface area (Å²) in [6, 6.07) is 20.6. The van der Waals surface area contributed by atoms with Gasteiger partial charge in [-0.05, 0) is 36.2 Å². The maximum Gasteiger partial charge on any atom is 0.417 e. The summed E-state index contributed by atoms with van der Waals surface area (Å²) in [5.74, 6) is 0.0633. The molecule has 6 heteroatoms. The van der Waals surface area contributed by atoms with Gasteiger partial charge in [-0.2, -0.15) is 13.2 Å². The lowest BCUT2D eigenvalue weighted by Gasteiger charge is -2.14. The zero-order chi connectivity index (χ0) is 21.3. The first kappa shape index (κ1) is 19.6. The average Bonchev–Trinajstić information content (AvgIpc) is 3.18. The zero-order valence-corrected chi connectivity index (χ0v) is 16.0. The number of hydrogen-bond donors (Lipinski definition) is 0. The molecule has 4 rings (SSSR count). The van der Waals surface area contributed by atoms with E-state index in [1.807, 2.05) is 37.3 Å². The van der Waals surface area contributed by atoms with Crippen LogP contribution in [0.3, 0.4) is 0 Å². The van der Waals surface area contributed by atoms with Crippen LogP contribution in [-0.2, 0) is 6.18 Å². The third-order valence-electron chi connectivity index (χ3n) is 4.82. The standard InChI is InChI=1S/C24H17F3N2O/c1-16-5-4-6-18(13-16)17-9-11-20(12-10-17)29-14-19(15-30)28-23(29)21-7-2-3-8-22(21)24(25,26)27/h2-15H,1H3. The summed E-state index contributed by atoms with van der Waals surface area (Å²) in [7, 11) is 0. The van der Waals surface area contributed by atoms with Gasteiger partial charge >= 0.3 is 6.18 Å². The van der Waals surface area contributed by atoms with Gasteiger partial charge < -0.3 is 0 Å². The van der Waals surface area contributed by atoms with Gasteiger partial charge in [0.05, 0.1) is 5.56 Å². The number of imidazole rings is 1. The number of carbonyl (C=O) groups excluding carboxylic acids is 1. The molecule has 0 aliphatic carbocycles. The van der Waals surface area contributed by atoms with Gasteiger partial charge in [0.2, 0.25) is 0 Å². The number of nitrogens with zero attached hydrogens (tertiary/aromatic N) is 2. The van der Waals surface area contributed by atoms with Crippen LogP contribution in [0.2, 0.25) is 0 Å². The molecule has 0 aliphatic heterocycles. The predicted molar refractivity (Wildman–Crippen MR) is 110 cm³/mol. The SMILES string of the molecule is Cc1cccc(-c2ccc(-n3cc(C=O)nc3-c3ccccc3C(F)(F)F)cc2)c1. The van der Waals surface area contributed by atoms with Gasteiger partial charge in [0.15, 0.2) is 6.29 Å². The van der Waals surface area contributed by atoms with E-state index < -0.39 is 11.7 Å². The number of alkyl halides is 3. The molecule has 0 radical (unpaired) electrons. The molecule has 0 spiro atoms. The average molecular weight is 406 g/mol. The van der Waals surface area contributed by atoms with Crippen LogP contribution in [-0.4, -0.2) is 15.8 Å². The number of carbonyl (C=O) groups is 1. The molecule has 150 valence electrons. The highest BCUT2D eigenvalue weighted by Crippen LogP contribution is 2.37. The minimum Gasteiger partial charge on any atom is -0.299 e. The molecule has 0 unspecified atom stereocenters. The second-order valence-corrected chi connectivity index (χ2v) is 6.94. The predicted octanol–water partition coefficient (Wildman–Crippen LogP) is 6.35. The lowest BCUT2D eigenvalue weighted by Crippen LogP contribution is -2.08. The van der Waals surface area contributed by atoms with E-state index in [9.17, 15) is 18.0 Å². The van der Waals surface area contributed by atoms with E-state index in [2.05, 4.69) is 11.1 Å². The molecule has 0 atom stereocenters. The van der Waals surface area contributed by atoms with E-state index in [4.69, 9.17) is 0 Å². The zero-order valence-electron chi connectivity index (χ0n) is 16.0. The molecule has 0 aliphatic rings. The Morgan fingerprint density at radius 1 is 0.900 bits per heavy atom. The van der Waals surface area contributed by atoms with Gasteiger partial charge in [-0.25, -0.2) is 4.98 Å². The number of halogens is 3. The number of aryl methyl sites for hydroxylation is 1. The molecule has 3 aromatic carbocycles. The first-order chi connectivity index (χ1) is 14.4. The van der Waals surface area contributed by atoms with E-state index in [0.717, 1.165) is 22.8 Å². The Labute approximate surface area is 171 Å². The van der Waals surface area contributed by atoms with Crippen molar-refractivity contribution in [2.75, 3.05) is 0 Å². The minimum atomic E-state index is -4.54. The number of aromatic nitrogens is 2. The van der Waals surface area contributed by atoms with Crippen molar-refractivity contribution in [2.24, 2.45) is 0 Å². The van der Waals surface area contributed by atoms with Crippen LogP contribution >= 0.6 is 0 Å². The Hall–Kier alpha value is -3.67. The highest BCUT2D eigenvalue weighted by molar-refractivity contribution is 5.75. The molecule has 4 aromatic rings. The quantitative estimate of drug-likeness (QED) is 0.370. The van der Waals surface area contributed by atoms with Gasteiger partial charge in [0.25, 0.3) is 0 Å². The second kappa shape index (κ2) is 7.63. The Kier molecular flexibility index (Phi) is 4.99. The highest BCUT2D eigenvalue weighted by Gasteiger charge is 2.34. The van der Waals surface area contributed by atoms with E-state index >= 15 is 0 Å². The van der Waals surface area contributed by atoms with Crippen LogP contribution in [0.25, 0.3) is 28.2 Å². The monoisotopic (exact) mass is 406 g/mol. The van der Waals surface area contributed by atoms with E-state index in [0.29, 0.717) is 12.0 Å². The van der Waals surface area contributed by atoms with Crippen molar-refractivity contribution in [1.82, 2.24) is 9.55 Å². The van der Waals surface area contributed by atoms with Crippen LogP contribution in [0.5, 0.6) is 0 Å². The maximum absolute atomic E-state index is 13.5. The topological polar surface area (TPSA) is 34.9 Å². The largest absolute Gasteiger partial charge is 0.417 e. The van der Waals surface area contributed by atoms with Crippen molar-refractivity contribution in [3.05, 3.63) is 95.8 Å². The molecule has 0 bridgehead atoms. The lowest BCUT2D eigenvalue weighted by atomic mass is 10.0. The first-order valence-corrected chi connectivity index (χ1v) is 9.25. The Morgan fingerprint density at radius 3 is 2.30 bits per heavy atom. The summed E-state index contributed by atoms with van der Waals surface area (Å²) in [5, 5.41) is 0. The van der Waals surface area contributed by atoms with Crippen molar-refractivity contribution < 1.29 is 18.0 Å². The molecule has 1 aromatic heterocycles. The molecule has 30 heavy (non-hydrogen) atoms. The summed E-state index contributed by atoms with van der Waals surface area (Å²) in [4.78, 5) is 15.4. The Bertz CT molecular complexity index is 1210. The number of hydrogen-bond acceptors (Lipinski definition) is 2. The number of rotatable bonds is 4. The second-order valence-electron chi connectivity index (χ2n) is 6.94. The Morgan fingerprint density at radius 2 is 1.63 bits per heavy atom. The summed E-state index contributed by atoms with van der Waals surface area (Å²) in [6.07, 6.45) is -2.57. The molecular formula is C24H17F3N2O. The van der Waals surface area contributed by atoms with Gasteiger partial charge in [-0.3, -0.25) is 9.36 Å². The molecular weight excluding hydrogens is 389 g/mol. The van der Waals surface area contributed by atoms with Crippen LogP contribution in [0.15, 0.2) is 79.0 Å². The van der Waals surface area contributed by atoms with Gasteiger partial charge in [0, 0.05) is 17.4 Å². The molecule has 1 heterocycles. The number of aldehydes is 1. The van der Waals surface area contributed by atoms with Crippen LogP contribution < -0.4 is 0 Å². The fourth-order valence-electron chi connectivity index (χ4n) is 3.41. The van der Waals surface area contributed by atoms with Crippen LogP contribution in [0, 0.1) is 6.92 Å². The van der Waals surface area contributed by atoms with Crippen molar-refractivity contribution in [3.63, 3.8) is 0 Å². The van der Waals surface area contributed by atoms with Crippen LogP contribution in [0.4, 0.5) is 13.2 Å². The highest BCUT2D eigenvalue weighted by atomic mass is 19.4. The normalized spacial score (nSPS) is 11.5. The molecule has 0 amide bonds. The number of benzene rings is 3. The third-order valence-corrected chi connectivity index (χ3v) is 4.82. The summed E-state index contributed by atoms with van der Waals surface area (Å²) in [6.45, 7) is 2.01. The molecule has 0 saturated heterocycles. The van der Waals surface area contributed by atoms with E-state index in [1.54, 1.807) is 12.1 Å². The minimum absolute atomic E-state index is 0.0599. The van der Waals surface area contributed by atoms with Crippen molar-refractivity contribution >= 4 is 6.29 Å². The first-order valence-electron chi connectivity index (χ1n) is 9.25.